The summed E-state index contributed by atoms with van der Waals surface area (Å²) in [5.74, 6) is -8.31. The predicted octanol–water partition coefficient (Wildman–Crippen LogP) is 5.85. The normalized spacial score (nSPS) is 20.8. The number of hydrogen-bond donors (Lipinski definition) is 4. The van der Waals surface area contributed by atoms with Crippen LogP contribution in [0.5, 0.6) is 0 Å². The average Bonchev–Trinajstić information content (AvgIpc) is 3.88. The lowest BCUT2D eigenvalue weighted by Gasteiger charge is -2.41. The van der Waals surface area contributed by atoms with Gasteiger partial charge in [0.25, 0.3) is 5.91 Å². The minimum atomic E-state index is -5.08. The fraction of sp³-hybridized carbons (Fsp3) is 0.647. The van der Waals surface area contributed by atoms with Crippen LogP contribution in [0.25, 0.3) is 0 Å². The van der Waals surface area contributed by atoms with Crippen LogP contribution in [0.2, 0.25) is 0 Å². The molecule has 4 N–H and O–H groups in total. The summed E-state index contributed by atoms with van der Waals surface area (Å²) in [6.07, 6.45) is -9.39. The summed E-state index contributed by atoms with van der Waals surface area (Å²) in [6, 6.07) is 5.93. The Morgan fingerprint density at radius 2 is 1.26 bits per heavy atom. The van der Waals surface area contributed by atoms with Crippen LogP contribution >= 0.6 is 0 Å². The van der Waals surface area contributed by atoms with Crippen LogP contribution in [0.1, 0.15) is 80.1 Å². The Labute approximate surface area is 323 Å². The van der Waals surface area contributed by atoms with Crippen molar-refractivity contribution in [3.8, 4) is 0 Å². The summed E-state index contributed by atoms with van der Waals surface area (Å²) < 4.78 is 121. The molecule has 0 aromatic heterocycles. The monoisotopic (exact) mass is 858 g/mol. The van der Waals surface area contributed by atoms with E-state index in [9.17, 15) is 62.7 Å². The van der Waals surface area contributed by atoms with E-state index in [4.69, 9.17) is 29.7 Å². The molecular weight excluding hydrogens is 817 g/mol. The number of imide groups is 1. The van der Waals surface area contributed by atoms with E-state index in [1.165, 1.54) is 12.8 Å². The SMILES string of the molecule is CN(CCC(F)F)C1CCC(N(CCC2CC2)c2cccc3c2CN(C2CCC(=O)NC2=O)C3=O)CC1.O=C(O)C(F)(F)F.O=C(O)C(F)(F)F.O=C(O)C(F)(F)F. The van der Waals surface area contributed by atoms with Crippen LogP contribution in [0.15, 0.2) is 18.2 Å². The highest BCUT2D eigenvalue weighted by molar-refractivity contribution is 6.06. The third-order valence-corrected chi connectivity index (χ3v) is 9.50. The van der Waals surface area contributed by atoms with Gasteiger partial charge in [0.2, 0.25) is 18.2 Å². The molecule has 1 aromatic carbocycles. The summed E-state index contributed by atoms with van der Waals surface area (Å²) in [5, 5.41) is 23.8. The molecule has 3 amide bonds. The van der Waals surface area contributed by atoms with Gasteiger partial charge in [-0.3, -0.25) is 19.7 Å². The third kappa shape index (κ3) is 15.5. The Morgan fingerprint density at radius 3 is 1.69 bits per heavy atom. The average molecular weight is 859 g/mol. The molecule has 4 aliphatic rings. The van der Waals surface area contributed by atoms with Crippen molar-refractivity contribution in [3.05, 3.63) is 29.3 Å². The molecule has 3 fully saturated rings. The van der Waals surface area contributed by atoms with E-state index in [0.29, 0.717) is 37.2 Å². The second kappa shape index (κ2) is 20.8. The summed E-state index contributed by atoms with van der Waals surface area (Å²) in [4.78, 5) is 70.4. The van der Waals surface area contributed by atoms with Crippen LogP contribution in [0.3, 0.4) is 0 Å². The summed E-state index contributed by atoms with van der Waals surface area (Å²) in [6.45, 7) is 1.73. The van der Waals surface area contributed by atoms with E-state index in [-0.39, 0.29) is 30.6 Å². The molecule has 0 spiro atoms. The van der Waals surface area contributed by atoms with E-state index < -0.39 is 48.9 Å². The molecule has 1 atom stereocenters. The first kappa shape index (κ1) is 49.4. The van der Waals surface area contributed by atoms with Crippen LogP contribution in [-0.2, 0) is 30.5 Å². The van der Waals surface area contributed by atoms with Crippen LogP contribution in [0.4, 0.5) is 54.0 Å². The number of anilines is 1. The van der Waals surface area contributed by atoms with E-state index in [2.05, 4.69) is 21.2 Å². The fourth-order valence-electron chi connectivity index (χ4n) is 6.36. The molecular formula is C34H41F11N4O9. The van der Waals surface area contributed by atoms with Gasteiger partial charge < -0.3 is 30.0 Å². The molecule has 2 heterocycles. The van der Waals surface area contributed by atoms with Crippen LogP contribution in [-0.4, -0.2) is 124 Å². The predicted molar refractivity (Wildman–Crippen MR) is 178 cm³/mol. The topological polar surface area (TPSA) is 185 Å². The zero-order valence-corrected chi connectivity index (χ0v) is 30.6. The second-order valence-electron chi connectivity index (χ2n) is 13.7. The van der Waals surface area contributed by atoms with E-state index in [1.807, 2.05) is 19.2 Å². The number of benzene rings is 1. The Hall–Kier alpha value is -4.77. The first-order chi connectivity index (χ1) is 26.6. The molecule has 1 aromatic rings. The number of halogens is 11. The molecule has 1 saturated heterocycles. The number of carbonyl (C=O) groups excluding carboxylic acids is 3. The largest absolute Gasteiger partial charge is 0.490 e. The van der Waals surface area contributed by atoms with Gasteiger partial charge in [-0.05, 0) is 63.6 Å². The number of carboxylic acids is 3. The number of alkyl halides is 11. The highest BCUT2D eigenvalue weighted by atomic mass is 19.4. The van der Waals surface area contributed by atoms with Gasteiger partial charge in [0.1, 0.15) is 6.04 Å². The Balaban J connectivity index is 0.000000453. The molecule has 0 radical (unpaired) electrons. The summed E-state index contributed by atoms with van der Waals surface area (Å²) in [5.41, 5.74) is 2.71. The number of amides is 3. The van der Waals surface area contributed by atoms with Gasteiger partial charge >= 0.3 is 36.4 Å². The second-order valence-corrected chi connectivity index (χ2v) is 13.7. The number of nitrogens with zero attached hydrogens (tertiary/aromatic N) is 3. The Kier molecular flexibility index (Phi) is 17.7. The number of carbonyl (C=O) groups is 6. The molecule has 24 heteroatoms. The molecule has 2 aliphatic heterocycles. The van der Waals surface area contributed by atoms with Crippen LogP contribution in [0, 0.1) is 5.92 Å². The smallest absolute Gasteiger partial charge is 0.475 e. The summed E-state index contributed by atoms with van der Waals surface area (Å²) in [7, 11) is 1.96. The van der Waals surface area contributed by atoms with Crippen molar-refractivity contribution in [2.24, 2.45) is 5.92 Å². The van der Waals surface area contributed by atoms with Gasteiger partial charge in [0, 0.05) is 61.4 Å². The lowest BCUT2D eigenvalue weighted by Crippen LogP contribution is -2.52. The molecule has 2 saturated carbocycles. The van der Waals surface area contributed by atoms with Gasteiger partial charge in [-0.1, -0.05) is 18.9 Å². The maximum absolute atomic E-state index is 13.4. The Bertz CT molecular complexity index is 1550. The summed E-state index contributed by atoms with van der Waals surface area (Å²) >= 11 is 0. The third-order valence-electron chi connectivity index (χ3n) is 9.50. The van der Waals surface area contributed by atoms with Crippen molar-refractivity contribution >= 4 is 41.3 Å². The zero-order valence-electron chi connectivity index (χ0n) is 30.6. The van der Waals surface area contributed by atoms with E-state index >= 15 is 0 Å². The maximum Gasteiger partial charge on any atom is 0.490 e. The van der Waals surface area contributed by atoms with E-state index in [0.717, 1.165) is 55.8 Å². The van der Waals surface area contributed by atoms with Gasteiger partial charge in [0.15, 0.2) is 0 Å². The zero-order chi connectivity index (χ0) is 44.3. The first-order valence-electron chi connectivity index (χ1n) is 17.6. The highest BCUT2D eigenvalue weighted by Crippen LogP contribution is 2.39. The number of hydrogen-bond acceptors (Lipinski definition) is 8. The molecule has 13 nitrogen and oxygen atoms in total. The van der Waals surface area contributed by atoms with Crippen LogP contribution < -0.4 is 10.2 Å². The Morgan fingerprint density at radius 1 is 0.776 bits per heavy atom. The number of rotatable bonds is 10. The van der Waals surface area contributed by atoms with Gasteiger partial charge in [0.05, 0.1) is 0 Å². The maximum atomic E-state index is 13.4. The standard InChI is InChI=1S/C28H38F2N4O3.3C2HF3O2/c1-32(15-14-25(29)30)19-7-9-20(10-8-19)33(16-13-18-5-6-18)23-4-2-3-21-22(23)17-34(28(21)37)24-11-12-26(35)31-27(24)36;3*3-2(4,5)1(6)7/h2-4,18-20,24-25H,5-17H2,1H3,(H,31,35,36);3*(H,6,7). The van der Waals surface area contributed by atoms with Crippen molar-refractivity contribution in [3.63, 3.8) is 0 Å². The number of fused-ring (bicyclic) bond motifs is 1. The minimum absolute atomic E-state index is 0.0855. The number of nitrogens with one attached hydrogen (secondary N) is 1. The quantitative estimate of drug-likeness (QED) is 0.164. The van der Waals surface area contributed by atoms with Crippen molar-refractivity contribution in [2.45, 2.75) is 114 Å². The lowest BCUT2D eigenvalue weighted by atomic mass is 9.88. The number of carboxylic acid groups (broad SMARTS) is 3. The molecule has 5 rings (SSSR count). The van der Waals surface area contributed by atoms with Gasteiger partial charge in [-0.15, -0.1) is 0 Å². The van der Waals surface area contributed by atoms with Crippen molar-refractivity contribution < 1.29 is 92.4 Å². The van der Waals surface area contributed by atoms with Crippen molar-refractivity contribution in [1.29, 1.82) is 0 Å². The fourth-order valence-corrected chi connectivity index (χ4v) is 6.36. The molecule has 1 unspecified atom stereocenters. The molecule has 2 aliphatic carbocycles. The lowest BCUT2D eigenvalue weighted by molar-refractivity contribution is -0.193. The van der Waals surface area contributed by atoms with Crippen molar-refractivity contribution in [1.82, 2.24) is 15.1 Å². The van der Waals surface area contributed by atoms with Gasteiger partial charge in [-0.2, -0.15) is 39.5 Å². The molecule has 58 heavy (non-hydrogen) atoms. The number of piperidine rings is 1. The van der Waals surface area contributed by atoms with E-state index in [1.54, 1.807) is 4.90 Å². The molecule has 328 valence electrons. The minimum Gasteiger partial charge on any atom is -0.475 e. The highest BCUT2D eigenvalue weighted by Gasteiger charge is 2.42. The first-order valence-corrected chi connectivity index (χ1v) is 17.6. The molecule has 0 bridgehead atoms. The van der Waals surface area contributed by atoms with Gasteiger partial charge in [-0.25, -0.2) is 23.2 Å². The number of aliphatic carboxylic acids is 3. The van der Waals surface area contributed by atoms with Crippen molar-refractivity contribution in [2.75, 3.05) is 25.0 Å².